The minimum atomic E-state index is -0.807. The predicted molar refractivity (Wildman–Crippen MR) is 132 cm³/mol. The number of hydrogen-bond acceptors (Lipinski definition) is 2. The van der Waals surface area contributed by atoms with Gasteiger partial charge < -0.3 is 10.6 Å². The number of rotatable bonds is 6. The number of carbonyl (C=O) groups excluding carboxylic acids is 2. The van der Waals surface area contributed by atoms with Gasteiger partial charge in [0.1, 0.15) is 6.04 Å². The zero-order valence-electron chi connectivity index (χ0n) is 17.6. The van der Waals surface area contributed by atoms with Crippen LogP contribution in [0.5, 0.6) is 0 Å². The molecule has 0 aliphatic heterocycles. The molecule has 0 aliphatic rings. The first kappa shape index (κ1) is 21.8. The first-order chi connectivity index (χ1) is 15.5. The highest BCUT2D eigenvalue weighted by molar-refractivity contribution is 9.10. The van der Waals surface area contributed by atoms with Crippen molar-refractivity contribution in [2.45, 2.75) is 19.4 Å². The zero-order chi connectivity index (χ0) is 22.5. The standard InChI is InChI=1S/C27H23BrN2O2/c1-18-14-15-22(17-24(18)28)29-27(32)26(20-9-3-2-4-10-20)30-25(31)16-21-12-7-11-19-8-5-6-13-23(19)21/h2-15,17,26H,16H2,1H3,(H,29,32)(H,30,31). The van der Waals surface area contributed by atoms with Gasteiger partial charge in [0.15, 0.2) is 0 Å². The molecule has 0 fully saturated rings. The lowest BCUT2D eigenvalue weighted by Crippen LogP contribution is -2.37. The van der Waals surface area contributed by atoms with Gasteiger partial charge in [0.2, 0.25) is 5.91 Å². The molecule has 0 saturated heterocycles. The molecule has 0 spiro atoms. The number of fused-ring (bicyclic) bond motifs is 1. The highest BCUT2D eigenvalue weighted by Gasteiger charge is 2.23. The average Bonchev–Trinajstić information content (AvgIpc) is 2.81. The third-order valence-corrected chi connectivity index (χ3v) is 6.23. The Bertz CT molecular complexity index is 1270. The van der Waals surface area contributed by atoms with E-state index in [0.717, 1.165) is 31.9 Å². The minimum absolute atomic E-state index is 0.189. The van der Waals surface area contributed by atoms with E-state index in [4.69, 9.17) is 0 Å². The lowest BCUT2D eigenvalue weighted by Gasteiger charge is -2.19. The Balaban J connectivity index is 1.56. The molecule has 4 aromatic carbocycles. The van der Waals surface area contributed by atoms with E-state index in [1.807, 2.05) is 97.9 Å². The summed E-state index contributed by atoms with van der Waals surface area (Å²) < 4.78 is 0.909. The molecule has 1 atom stereocenters. The van der Waals surface area contributed by atoms with Crippen LogP contribution in [-0.4, -0.2) is 11.8 Å². The number of amides is 2. The van der Waals surface area contributed by atoms with E-state index < -0.39 is 6.04 Å². The van der Waals surface area contributed by atoms with Crippen LogP contribution in [0, 0.1) is 6.92 Å². The van der Waals surface area contributed by atoms with Crippen molar-refractivity contribution in [1.82, 2.24) is 5.32 Å². The lowest BCUT2D eigenvalue weighted by atomic mass is 10.0. The first-order valence-electron chi connectivity index (χ1n) is 10.4. The first-order valence-corrected chi connectivity index (χ1v) is 11.2. The quantitative estimate of drug-likeness (QED) is 0.353. The fourth-order valence-corrected chi connectivity index (χ4v) is 4.04. The van der Waals surface area contributed by atoms with E-state index in [1.54, 1.807) is 0 Å². The van der Waals surface area contributed by atoms with Crippen molar-refractivity contribution in [1.29, 1.82) is 0 Å². The van der Waals surface area contributed by atoms with E-state index in [2.05, 4.69) is 26.6 Å². The Morgan fingerprint density at radius 1 is 0.875 bits per heavy atom. The topological polar surface area (TPSA) is 58.2 Å². The van der Waals surface area contributed by atoms with Gasteiger partial charge in [-0.15, -0.1) is 0 Å². The molecule has 2 N–H and O–H groups in total. The zero-order valence-corrected chi connectivity index (χ0v) is 19.2. The second-order valence-electron chi connectivity index (χ2n) is 7.68. The van der Waals surface area contributed by atoms with Crippen LogP contribution in [0.1, 0.15) is 22.7 Å². The van der Waals surface area contributed by atoms with Gasteiger partial charge in [-0.3, -0.25) is 9.59 Å². The number of benzene rings is 4. The molecule has 160 valence electrons. The van der Waals surface area contributed by atoms with Crippen LogP contribution in [0.2, 0.25) is 0 Å². The summed E-state index contributed by atoms with van der Waals surface area (Å²) in [6.45, 7) is 1.98. The fourth-order valence-electron chi connectivity index (χ4n) is 3.66. The molecule has 4 aromatic rings. The van der Waals surface area contributed by atoms with E-state index in [-0.39, 0.29) is 18.2 Å². The van der Waals surface area contributed by atoms with Crippen molar-refractivity contribution < 1.29 is 9.59 Å². The van der Waals surface area contributed by atoms with Crippen LogP contribution < -0.4 is 10.6 Å². The van der Waals surface area contributed by atoms with Gasteiger partial charge in [0, 0.05) is 10.2 Å². The van der Waals surface area contributed by atoms with Crippen molar-refractivity contribution in [2.24, 2.45) is 0 Å². The maximum Gasteiger partial charge on any atom is 0.251 e. The number of nitrogens with one attached hydrogen (secondary N) is 2. The smallest absolute Gasteiger partial charge is 0.251 e. The molecule has 5 heteroatoms. The van der Waals surface area contributed by atoms with Gasteiger partial charge in [0.25, 0.3) is 5.91 Å². The molecular weight excluding hydrogens is 464 g/mol. The van der Waals surface area contributed by atoms with Crippen LogP contribution in [-0.2, 0) is 16.0 Å². The Kier molecular flexibility index (Phi) is 6.66. The van der Waals surface area contributed by atoms with Crippen molar-refractivity contribution >= 4 is 44.2 Å². The van der Waals surface area contributed by atoms with Crippen LogP contribution in [0.15, 0.2) is 95.5 Å². The summed E-state index contributed by atoms with van der Waals surface area (Å²) in [5, 5.41) is 7.97. The number of anilines is 1. The molecule has 0 heterocycles. The van der Waals surface area contributed by atoms with E-state index in [0.29, 0.717) is 5.69 Å². The van der Waals surface area contributed by atoms with Crippen molar-refractivity contribution in [3.63, 3.8) is 0 Å². The Labute approximate surface area is 195 Å². The normalized spacial score (nSPS) is 11.7. The van der Waals surface area contributed by atoms with E-state index >= 15 is 0 Å². The lowest BCUT2D eigenvalue weighted by molar-refractivity contribution is -0.126. The molecule has 1 unspecified atom stereocenters. The summed E-state index contributed by atoms with van der Waals surface area (Å²) in [6, 6.07) is 28.0. The molecule has 4 rings (SSSR count). The van der Waals surface area contributed by atoms with E-state index in [9.17, 15) is 9.59 Å². The second kappa shape index (κ2) is 9.79. The van der Waals surface area contributed by atoms with Gasteiger partial charge in [-0.1, -0.05) is 94.8 Å². The molecule has 32 heavy (non-hydrogen) atoms. The maximum atomic E-state index is 13.2. The highest BCUT2D eigenvalue weighted by Crippen LogP contribution is 2.23. The summed E-state index contributed by atoms with van der Waals surface area (Å²) in [6.07, 6.45) is 0.189. The van der Waals surface area contributed by atoms with Crippen molar-refractivity contribution in [2.75, 3.05) is 5.32 Å². The summed E-state index contributed by atoms with van der Waals surface area (Å²) in [5.74, 6) is -0.506. The van der Waals surface area contributed by atoms with Gasteiger partial charge in [0.05, 0.1) is 6.42 Å². The molecule has 0 bridgehead atoms. The molecule has 0 aromatic heterocycles. The Morgan fingerprint density at radius 2 is 1.59 bits per heavy atom. The summed E-state index contributed by atoms with van der Waals surface area (Å²) in [7, 11) is 0. The highest BCUT2D eigenvalue weighted by atomic mass is 79.9. The van der Waals surface area contributed by atoms with Crippen LogP contribution >= 0.6 is 15.9 Å². The number of aryl methyl sites for hydroxylation is 1. The molecule has 0 aliphatic carbocycles. The molecular formula is C27H23BrN2O2. The SMILES string of the molecule is Cc1ccc(NC(=O)C(NC(=O)Cc2cccc3ccccc23)c2ccccc2)cc1Br. The Morgan fingerprint density at radius 3 is 2.38 bits per heavy atom. The minimum Gasteiger partial charge on any atom is -0.340 e. The number of hydrogen-bond donors (Lipinski definition) is 2. The van der Waals surface area contributed by atoms with Crippen LogP contribution in [0.3, 0.4) is 0 Å². The summed E-state index contributed by atoms with van der Waals surface area (Å²) in [4.78, 5) is 26.2. The van der Waals surface area contributed by atoms with Gasteiger partial charge in [-0.2, -0.15) is 0 Å². The van der Waals surface area contributed by atoms with Crippen LogP contribution in [0.4, 0.5) is 5.69 Å². The molecule has 2 amide bonds. The summed E-state index contributed by atoms with van der Waals surface area (Å²) in [5.41, 5.74) is 3.39. The third-order valence-electron chi connectivity index (χ3n) is 5.37. The van der Waals surface area contributed by atoms with Gasteiger partial charge >= 0.3 is 0 Å². The van der Waals surface area contributed by atoms with E-state index in [1.165, 1.54) is 0 Å². The maximum absolute atomic E-state index is 13.2. The Hall–Kier alpha value is -3.44. The third kappa shape index (κ3) is 5.06. The number of halogens is 1. The van der Waals surface area contributed by atoms with Crippen molar-refractivity contribution in [3.05, 3.63) is 112 Å². The van der Waals surface area contributed by atoms with Gasteiger partial charge in [-0.25, -0.2) is 0 Å². The average molecular weight is 487 g/mol. The van der Waals surface area contributed by atoms with Crippen LogP contribution in [0.25, 0.3) is 10.8 Å². The van der Waals surface area contributed by atoms with Crippen molar-refractivity contribution in [3.8, 4) is 0 Å². The largest absolute Gasteiger partial charge is 0.340 e. The molecule has 0 saturated carbocycles. The second-order valence-corrected chi connectivity index (χ2v) is 8.53. The fraction of sp³-hybridized carbons (Fsp3) is 0.111. The summed E-state index contributed by atoms with van der Waals surface area (Å²) >= 11 is 3.49. The predicted octanol–water partition coefficient (Wildman–Crippen LogP) is 5.95. The molecule has 0 radical (unpaired) electrons. The number of carbonyl (C=O) groups is 2. The van der Waals surface area contributed by atoms with Gasteiger partial charge in [-0.05, 0) is 46.5 Å². The monoisotopic (exact) mass is 486 g/mol. The molecule has 4 nitrogen and oxygen atoms in total.